The van der Waals surface area contributed by atoms with Crippen molar-refractivity contribution in [1.82, 2.24) is 9.97 Å². The van der Waals surface area contributed by atoms with Crippen LogP contribution in [-0.2, 0) is 16.3 Å². The van der Waals surface area contributed by atoms with Crippen LogP contribution in [0.4, 0.5) is 5.95 Å². The minimum atomic E-state index is -3.22. The third-order valence-electron chi connectivity index (χ3n) is 4.73. The van der Waals surface area contributed by atoms with Gasteiger partial charge in [-0.25, -0.2) is 18.4 Å². The van der Waals surface area contributed by atoms with E-state index in [-0.39, 0.29) is 11.2 Å². The normalized spacial score (nSPS) is 15.8. The molecule has 1 fully saturated rings. The van der Waals surface area contributed by atoms with Gasteiger partial charge in [0.2, 0.25) is 5.95 Å². The zero-order valence-corrected chi connectivity index (χ0v) is 14.9. The second-order valence-corrected chi connectivity index (χ2v) is 8.55. The summed E-state index contributed by atoms with van der Waals surface area (Å²) in [7, 11) is -3.22. The Balaban J connectivity index is 1.99. The highest BCUT2D eigenvalue weighted by atomic mass is 32.2. The molecule has 1 saturated carbocycles. The Kier molecular flexibility index (Phi) is 4.58. The van der Waals surface area contributed by atoms with Crippen LogP contribution in [0.1, 0.15) is 44.0 Å². The first kappa shape index (κ1) is 16.9. The number of aromatic nitrogens is 2. The fraction of sp³-hybridized carbons (Fsp3) is 0.444. The largest absolute Gasteiger partial charge is 0.368 e. The summed E-state index contributed by atoms with van der Waals surface area (Å²) in [5, 5.41) is -0.226. The van der Waals surface area contributed by atoms with Crippen LogP contribution in [-0.4, -0.2) is 23.6 Å². The molecule has 5 nitrogen and oxygen atoms in total. The molecule has 24 heavy (non-hydrogen) atoms. The molecule has 0 atom stereocenters. The Labute approximate surface area is 143 Å². The molecule has 0 saturated heterocycles. The van der Waals surface area contributed by atoms with Crippen LogP contribution in [0.5, 0.6) is 0 Å². The number of anilines is 1. The van der Waals surface area contributed by atoms with E-state index in [0.717, 1.165) is 54.6 Å². The maximum atomic E-state index is 12.7. The van der Waals surface area contributed by atoms with E-state index in [2.05, 4.69) is 9.97 Å². The van der Waals surface area contributed by atoms with Crippen LogP contribution in [0.25, 0.3) is 11.1 Å². The van der Waals surface area contributed by atoms with Gasteiger partial charge in [0.25, 0.3) is 0 Å². The van der Waals surface area contributed by atoms with Crippen LogP contribution < -0.4 is 5.73 Å². The van der Waals surface area contributed by atoms with Crippen LogP contribution in [0.15, 0.2) is 29.2 Å². The zero-order valence-electron chi connectivity index (χ0n) is 14.1. The van der Waals surface area contributed by atoms with Crippen molar-refractivity contribution in [2.45, 2.75) is 56.1 Å². The first-order valence-electron chi connectivity index (χ1n) is 8.40. The third-order valence-corrected chi connectivity index (χ3v) is 7.01. The van der Waals surface area contributed by atoms with E-state index in [4.69, 9.17) is 5.73 Å². The van der Waals surface area contributed by atoms with E-state index < -0.39 is 9.84 Å². The smallest absolute Gasteiger partial charge is 0.220 e. The molecular formula is C18H23N3O2S. The van der Waals surface area contributed by atoms with Gasteiger partial charge in [0.05, 0.1) is 21.5 Å². The molecule has 0 amide bonds. The summed E-state index contributed by atoms with van der Waals surface area (Å²) in [6.45, 7) is 3.92. The standard InChI is InChI=1S/C18H23N3O2S/c1-3-16-17(12(2)20-18(19)21-16)13-8-10-15(11-9-13)24(22,23)14-6-4-5-7-14/h8-11,14H,3-7H2,1-2H3,(H2,19,20,21). The van der Waals surface area contributed by atoms with E-state index in [0.29, 0.717) is 4.90 Å². The van der Waals surface area contributed by atoms with Crippen LogP contribution in [0.2, 0.25) is 0 Å². The van der Waals surface area contributed by atoms with Crippen molar-refractivity contribution >= 4 is 15.8 Å². The van der Waals surface area contributed by atoms with Crippen molar-refractivity contribution in [2.24, 2.45) is 0 Å². The highest BCUT2D eigenvalue weighted by Gasteiger charge is 2.30. The van der Waals surface area contributed by atoms with E-state index in [1.54, 1.807) is 12.1 Å². The molecule has 1 aromatic carbocycles. The Bertz CT molecular complexity index is 839. The van der Waals surface area contributed by atoms with Crippen molar-refractivity contribution in [3.05, 3.63) is 35.7 Å². The maximum Gasteiger partial charge on any atom is 0.220 e. The highest BCUT2D eigenvalue weighted by Crippen LogP contribution is 2.32. The summed E-state index contributed by atoms with van der Waals surface area (Å²) in [6.07, 6.45) is 4.29. The zero-order chi connectivity index (χ0) is 17.3. The number of nitrogens with zero attached hydrogens (tertiary/aromatic N) is 2. The maximum absolute atomic E-state index is 12.7. The third kappa shape index (κ3) is 3.02. The SMILES string of the molecule is CCc1nc(N)nc(C)c1-c1ccc(S(=O)(=O)C2CCCC2)cc1. The lowest BCUT2D eigenvalue weighted by molar-refractivity contribution is 0.579. The number of rotatable bonds is 4. The molecule has 1 aromatic heterocycles. The number of nitrogen functional groups attached to an aromatic ring is 1. The quantitative estimate of drug-likeness (QED) is 0.918. The van der Waals surface area contributed by atoms with Crippen molar-refractivity contribution < 1.29 is 8.42 Å². The number of aryl methyl sites for hydroxylation is 2. The van der Waals surface area contributed by atoms with Crippen molar-refractivity contribution in [3.63, 3.8) is 0 Å². The Hall–Kier alpha value is -1.95. The monoisotopic (exact) mass is 345 g/mol. The Morgan fingerprint density at radius 2 is 1.75 bits per heavy atom. The van der Waals surface area contributed by atoms with Gasteiger partial charge in [-0.05, 0) is 43.9 Å². The molecule has 0 bridgehead atoms. The minimum absolute atomic E-state index is 0.226. The van der Waals surface area contributed by atoms with Gasteiger partial charge < -0.3 is 5.73 Å². The minimum Gasteiger partial charge on any atom is -0.368 e. The second kappa shape index (κ2) is 6.51. The summed E-state index contributed by atoms with van der Waals surface area (Å²) in [5.41, 5.74) is 9.29. The summed E-state index contributed by atoms with van der Waals surface area (Å²) >= 11 is 0. The highest BCUT2D eigenvalue weighted by molar-refractivity contribution is 7.92. The van der Waals surface area contributed by atoms with Gasteiger partial charge in [-0.2, -0.15) is 0 Å². The Morgan fingerprint density at radius 3 is 2.33 bits per heavy atom. The molecule has 128 valence electrons. The molecule has 3 rings (SSSR count). The molecule has 1 aliphatic carbocycles. The van der Waals surface area contributed by atoms with Gasteiger partial charge in [0, 0.05) is 5.56 Å². The summed E-state index contributed by atoms with van der Waals surface area (Å²) < 4.78 is 25.4. The molecule has 6 heteroatoms. The van der Waals surface area contributed by atoms with Gasteiger partial charge in [-0.1, -0.05) is 31.9 Å². The molecule has 1 aliphatic rings. The Morgan fingerprint density at radius 1 is 1.12 bits per heavy atom. The summed E-state index contributed by atoms with van der Waals surface area (Å²) in [6, 6.07) is 7.11. The number of hydrogen-bond acceptors (Lipinski definition) is 5. The first-order valence-corrected chi connectivity index (χ1v) is 9.95. The predicted molar refractivity (Wildman–Crippen MR) is 95.4 cm³/mol. The molecule has 0 spiro atoms. The first-order chi connectivity index (χ1) is 11.4. The second-order valence-electron chi connectivity index (χ2n) is 6.32. The van der Waals surface area contributed by atoms with Crippen LogP contribution in [0.3, 0.4) is 0 Å². The average molecular weight is 345 g/mol. The lowest BCUT2D eigenvalue weighted by Gasteiger charge is -2.14. The molecule has 0 aliphatic heterocycles. The van der Waals surface area contributed by atoms with E-state index in [1.807, 2.05) is 26.0 Å². The van der Waals surface area contributed by atoms with Gasteiger partial charge in [0.15, 0.2) is 9.84 Å². The van der Waals surface area contributed by atoms with Gasteiger partial charge in [0.1, 0.15) is 0 Å². The average Bonchev–Trinajstić information content (AvgIpc) is 3.09. The fourth-order valence-corrected chi connectivity index (χ4v) is 5.34. The molecule has 0 radical (unpaired) electrons. The molecule has 1 heterocycles. The van der Waals surface area contributed by atoms with Crippen molar-refractivity contribution in [3.8, 4) is 11.1 Å². The topological polar surface area (TPSA) is 85.9 Å². The number of sulfone groups is 1. The lowest BCUT2D eigenvalue weighted by atomic mass is 10.0. The molecular weight excluding hydrogens is 322 g/mol. The predicted octanol–water partition coefficient (Wildman–Crippen LogP) is 3.31. The lowest BCUT2D eigenvalue weighted by Crippen LogP contribution is -2.17. The van der Waals surface area contributed by atoms with E-state index in [9.17, 15) is 8.42 Å². The number of nitrogens with two attached hydrogens (primary N) is 1. The van der Waals surface area contributed by atoms with Crippen molar-refractivity contribution in [2.75, 3.05) is 5.73 Å². The number of benzene rings is 1. The molecule has 2 N–H and O–H groups in total. The summed E-state index contributed by atoms with van der Waals surface area (Å²) in [4.78, 5) is 8.96. The molecule has 2 aromatic rings. The molecule has 0 unspecified atom stereocenters. The van der Waals surface area contributed by atoms with Gasteiger partial charge in [-0.15, -0.1) is 0 Å². The van der Waals surface area contributed by atoms with E-state index in [1.165, 1.54) is 0 Å². The summed E-state index contributed by atoms with van der Waals surface area (Å²) in [5.74, 6) is 0.272. The van der Waals surface area contributed by atoms with Gasteiger partial charge >= 0.3 is 0 Å². The van der Waals surface area contributed by atoms with E-state index >= 15 is 0 Å². The van der Waals surface area contributed by atoms with Gasteiger partial charge in [-0.3, -0.25) is 0 Å². The number of hydrogen-bond donors (Lipinski definition) is 1. The fourth-order valence-electron chi connectivity index (χ4n) is 3.49. The van der Waals surface area contributed by atoms with Crippen LogP contribution >= 0.6 is 0 Å². The van der Waals surface area contributed by atoms with Crippen molar-refractivity contribution in [1.29, 1.82) is 0 Å². The van der Waals surface area contributed by atoms with Crippen LogP contribution in [0, 0.1) is 6.92 Å².